The molecule has 0 amide bonds. The highest BCUT2D eigenvalue weighted by Gasteiger charge is 2.10. The Morgan fingerprint density at radius 3 is 2.17 bits per heavy atom. The summed E-state index contributed by atoms with van der Waals surface area (Å²) in [7, 11) is 0. The molecule has 140 valence electrons. The molecule has 0 atom stereocenters. The number of hydrogen-bond acceptors (Lipinski definition) is 2. The number of hydrogen-bond donors (Lipinski definition) is 1. The van der Waals surface area contributed by atoms with E-state index in [1.54, 1.807) is 30.5 Å². The Hall–Kier alpha value is -4.10. The zero-order valence-corrected chi connectivity index (χ0v) is 15.2. The predicted molar refractivity (Wildman–Crippen MR) is 109 cm³/mol. The van der Waals surface area contributed by atoms with Crippen LogP contribution in [-0.4, -0.2) is 11.1 Å². The van der Waals surface area contributed by atoms with Crippen LogP contribution in [0.25, 0.3) is 22.5 Å². The van der Waals surface area contributed by atoms with Gasteiger partial charge in [0, 0.05) is 16.7 Å². The average molecular weight is 382 g/mol. The minimum atomic E-state index is -1.05. The van der Waals surface area contributed by atoms with E-state index < -0.39 is 5.97 Å². The first kappa shape index (κ1) is 18.3. The summed E-state index contributed by atoms with van der Waals surface area (Å²) in [4.78, 5) is 11.6. The largest absolute Gasteiger partial charge is 0.478 e. The van der Waals surface area contributed by atoms with Crippen molar-refractivity contribution in [2.75, 3.05) is 0 Å². The highest BCUT2D eigenvalue weighted by molar-refractivity contribution is 5.92. The number of halogens is 1. The third-order valence-electron chi connectivity index (χ3n) is 4.46. The molecule has 0 radical (unpaired) electrons. The van der Waals surface area contributed by atoms with Gasteiger partial charge in [0.05, 0.1) is 11.8 Å². The van der Waals surface area contributed by atoms with Crippen molar-refractivity contribution in [2.45, 2.75) is 0 Å². The molecule has 0 fully saturated rings. The number of benzene rings is 3. The number of aromatic carboxylic acids is 1. The van der Waals surface area contributed by atoms with Crippen molar-refractivity contribution in [1.29, 1.82) is 0 Å². The summed E-state index contributed by atoms with van der Waals surface area (Å²) >= 11 is 0. The lowest BCUT2D eigenvalue weighted by molar-refractivity contribution is 0.0696. The van der Waals surface area contributed by atoms with Gasteiger partial charge in [0.25, 0.3) is 0 Å². The second-order valence-corrected chi connectivity index (χ2v) is 6.38. The van der Waals surface area contributed by atoms with Gasteiger partial charge in [-0.05, 0) is 59.7 Å². The molecular weight excluding hydrogens is 367 g/mol. The van der Waals surface area contributed by atoms with E-state index in [1.807, 2.05) is 36.4 Å². The molecule has 0 bridgehead atoms. The lowest BCUT2D eigenvalue weighted by Crippen LogP contribution is -2.00. The van der Waals surface area contributed by atoms with Crippen LogP contribution < -0.4 is 0 Å². The number of rotatable bonds is 3. The van der Waals surface area contributed by atoms with Crippen molar-refractivity contribution in [2.24, 2.45) is 0 Å². The van der Waals surface area contributed by atoms with Crippen LogP contribution in [0.15, 0.2) is 89.5 Å². The smallest absolute Gasteiger partial charge is 0.336 e. The van der Waals surface area contributed by atoms with E-state index >= 15 is 0 Å². The fraction of sp³-hybridized carbons (Fsp3) is 0. The quantitative estimate of drug-likeness (QED) is 0.452. The second kappa shape index (κ2) is 7.87. The predicted octanol–water partition coefficient (Wildman–Crippen LogP) is 5.85. The van der Waals surface area contributed by atoms with E-state index in [0.717, 1.165) is 28.0 Å². The fourth-order valence-electron chi connectivity index (χ4n) is 2.96. The van der Waals surface area contributed by atoms with E-state index in [0.29, 0.717) is 5.56 Å². The average Bonchev–Trinajstić information content (AvgIpc) is 3.28. The van der Waals surface area contributed by atoms with E-state index in [2.05, 4.69) is 11.8 Å². The molecule has 0 aliphatic carbocycles. The molecule has 0 spiro atoms. The van der Waals surface area contributed by atoms with Gasteiger partial charge in [-0.2, -0.15) is 0 Å². The SMILES string of the molecule is O=C(O)c1ccc(-c2ccc(F)cc2)cc1C#Cc1ccc(-c2ccco2)cc1. The summed E-state index contributed by atoms with van der Waals surface area (Å²) in [6.07, 6.45) is 1.62. The van der Waals surface area contributed by atoms with E-state index in [1.165, 1.54) is 18.2 Å². The molecule has 1 heterocycles. The van der Waals surface area contributed by atoms with Crippen molar-refractivity contribution >= 4 is 5.97 Å². The van der Waals surface area contributed by atoms with Gasteiger partial charge >= 0.3 is 5.97 Å². The van der Waals surface area contributed by atoms with Crippen LogP contribution in [0.5, 0.6) is 0 Å². The van der Waals surface area contributed by atoms with Crippen molar-refractivity contribution in [3.05, 3.63) is 108 Å². The summed E-state index contributed by atoms with van der Waals surface area (Å²) < 4.78 is 18.5. The zero-order chi connectivity index (χ0) is 20.2. The molecular formula is C25H15FO3. The number of furan rings is 1. The van der Waals surface area contributed by atoms with Gasteiger partial charge in [-0.15, -0.1) is 0 Å². The molecule has 0 unspecified atom stereocenters. The summed E-state index contributed by atoms with van der Waals surface area (Å²) in [5, 5.41) is 9.47. The molecule has 1 aromatic heterocycles. The molecule has 4 rings (SSSR count). The molecule has 3 aromatic carbocycles. The van der Waals surface area contributed by atoms with Crippen molar-refractivity contribution < 1.29 is 18.7 Å². The van der Waals surface area contributed by atoms with Crippen LogP contribution in [-0.2, 0) is 0 Å². The van der Waals surface area contributed by atoms with E-state index in [9.17, 15) is 14.3 Å². The standard InChI is InChI=1S/C25H15FO3/c26-22-12-9-18(10-13-22)20-11-14-23(25(27)28)21(16-20)8-5-17-3-6-19(7-4-17)24-2-1-15-29-24/h1-4,6-7,9-16H,(H,27,28). The van der Waals surface area contributed by atoms with Gasteiger partial charge in [-0.1, -0.05) is 42.2 Å². The first-order valence-electron chi connectivity index (χ1n) is 8.89. The molecule has 29 heavy (non-hydrogen) atoms. The molecule has 0 saturated heterocycles. The molecule has 1 N–H and O–H groups in total. The topological polar surface area (TPSA) is 50.4 Å². The lowest BCUT2D eigenvalue weighted by atomic mass is 9.99. The van der Waals surface area contributed by atoms with Crippen molar-refractivity contribution in [3.8, 4) is 34.3 Å². The summed E-state index contributed by atoms with van der Waals surface area (Å²) in [5.41, 5.74) is 3.76. The minimum absolute atomic E-state index is 0.121. The van der Waals surface area contributed by atoms with Crippen LogP contribution in [0, 0.1) is 17.7 Å². The maximum atomic E-state index is 13.2. The van der Waals surface area contributed by atoms with Gasteiger partial charge in [0.15, 0.2) is 0 Å². The third kappa shape index (κ3) is 4.10. The molecule has 4 heteroatoms. The number of carboxylic acid groups (broad SMARTS) is 1. The Morgan fingerprint density at radius 1 is 0.828 bits per heavy atom. The Balaban J connectivity index is 1.68. The van der Waals surface area contributed by atoms with Crippen molar-refractivity contribution in [1.82, 2.24) is 0 Å². The Bertz CT molecular complexity index is 1210. The zero-order valence-electron chi connectivity index (χ0n) is 15.2. The molecule has 0 aliphatic heterocycles. The monoisotopic (exact) mass is 382 g/mol. The molecule has 0 saturated carbocycles. The van der Waals surface area contributed by atoms with Gasteiger partial charge < -0.3 is 9.52 Å². The van der Waals surface area contributed by atoms with Crippen LogP contribution in [0.3, 0.4) is 0 Å². The summed E-state index contributed by atoms with van der Waals surface area (Å²) in [5.74, 6) is 5.37. The Kier molecular flexibility index (Phi) is 4.96. The highest BCUT2D eigenvalue weighted by Crippen LogP contribution is 2.23. The normalized spacial score (nSPS) is 10.2. The van der Waals surface area contributed by atoms with Crippen LogP contribution in [0.4, 0.5) is 4.39 Å². The van der Waals surface area contributed by atoms with Crippen molar-refractivity contribution in [3.63, 3.8) is 0 Å². The van der Waals surface area contributed by atoms with Gasteiger partial charge in [0.2, 0.25) is 0 Å². The Labute approximate surface area is 167 Å². The van der Waals surface area contributed by atoms with Crippen LogP contribution in [0.2, 0.25) is 0 Å². The van der Waals surface area contributed by atoms with Gasteiger partial charge in [0.1, 0.15) is 11.6 Å². The Morgan fingerprint density at radius 2 is 1.52 bits per heavy atom. The van der Waals surface area contributed by atoms with Crippen LogP contribution in [0.1, 0.15) is 21.5 Å². The molecule has 3 nitrogen and oxygen atoms in total. The first-order valence-corrected chi connectivity index (χ1v) is 8.89. The van der Waals surface area contributed by atoms with Crippen LogP contribution >= 0.6 is 0 Å². The first-order chi connectivity index (χ1) is 14.1. The second-order valence-electron chi connectivity index (χ2n) is 6.38. The maximum absolute atomic E-state index is 13.2. The minimum Gasteiger partial charge on any atom is -0.478 e. The fourth-order valence-corrected chi connectivity index (χ4v) is 2.96. The summed E-state index contributed by atoms with van der Waals surface area (Å²) in [6, 6.07) is 22.2. The lowest BCUT2D eigenvalue weighted by Gasteiger charge is -2.05. The molecule has 4 aromatic rings. The van der Waals surface area contributed by atoms with E-state index in [4.69, 9.17) is 4.42 Å². The highest BCUT2D eigenvalue weighted by atomic mass is 19.1. The maximum Gasteiger partial charge on any atom is 0.336 e. The van der Waals surface area contributed by atoms with Gasteiger partial charge in [-0.3, -0.25) is 0 Å². The third-order valence-corrected chi connectivity index (χ3v) is 4.46. The number of carboxylic acids is 1. The van der Waals surface area contributed by atoms with E-state index in [-0.39, 0.29) is 11.4 Å². The van der Waals surface area contributed by atoms with Gasteiger partial charge in [-0.25, -0.2) is 9.18 Å². The molecule has 0 aliphatic rings. The number of carbonyl (C=O) groups is 1. The summed E-state index contributed by atoms with van der Waals surface area (Å²) in [6.45, 7) is 0.